The molecule has 0 amide bonds. The molecule has 0 N–H and O–H groups in total. The molecule has 0 fully saturated rings. The summed E-state index contributed by atoms with van der Waals surface area (Å²) in [5.74, 6) is -1.07. The standard InChI is InChI=1S/C63H104O6/c1-4-7-10-13-16-19-22-25-28-31-33-35-38-41-44-47-50-53-56-62(65)68-59-60(58-67-61(64)55-52-49-46-43-40-37-34-30-27-24-21-18-15-12-9-6-3)69-63(66)57-54-51-48-45-42-39-36-32-29-26-23-20-17-14-11-8-5-2/h9,12,18,21,26-27,29-30,33,35-37,39-40,45-46,48-49,60H,4-8,10-11,13-17,19-20,22-25,28,31-32,34,38,41-44,47,50-59H2,1-3H3/b12-9-,21-18-,29-26-,30-27-,35-33-,39-36-,40-37-,48-45-,49-46-. The highest BCUT2D eigenvalue weighted by molar-refractivity contribution is 5.71. The first-order valence-corrected chi connectivity index (χ1v) is 28.4. The minimum atomic E-state index is -0.840. The van der Waals surface area contributed by atoms with Gasteiger partial charge in [-0.05, 0) is 109 Å². The summed E-state index contributed by atoms with van der Waals surface area (Å²) in [6.45, 7) is 6.41. The molecule has 0 radical (unpaired) electrons. The second kappa shape index (κ2) is 56.7. The highest BCUT2D eigenvalue weighted by Crippen LogP contribution is 2.13. The Morgan fingerprint density at radius 1 is 0.304 bits per heavy atom. The van der Waals surface area contributed by atoms with Gasteiger partial charge in [0.25, 0.3) is 0 Å². The van der Waals surface area contributed by atoms with Crippen LogP contribution in [0.25, 0.3) is 0 Å². The van der Waals surface area contributed by atoms with Crippen molar-refractivity contribution >= 4 is 17.9 Å². The Morgan fingerprint density at radius 3 is 1.03 bits per heavy atom. The lowest BCUT2D eigenvalue weighted by Crippen LogP contribution is -2.30. The molecular formula is C63H104O6. The summed E-state index contributed by atoms with van der Waals surface area (Å²) in [5.41, 5.74) is 0. The topological polar surface area (TPSA) is 78.9 Å². The Hall–Kier alpha value is -3.93. The van der Waals surface area contributed by atoms with Crippen LogP contribution in [0.2, 0.25) is 0 Å². The first kappa shape index (κ1) is 65.1. The first-order valence-electron chi connectivity index (χ1n) is 28.4. The molecule has 0 aromatic rings. The van der Waals surface area contributed by atoms with E-state index in [0.717, 1.165) is 83.5 Å². The largest absolute Gasteiger partial charge is 0.462 e. The molecule has 0 saturated heterocycles. The SMILES string of the molecule is CC/C=C\C/C=C\C/C=C\C/C=C\C/C=C\CCC(=O)OCC(COC(=O)CCCCCCC/C=C\CCCCCCCCCCC)OC(=O)CCC/C=C\C/C=C\C/C=C\CCCCCCCC. The van der Waals surface area contributed by atoms with Crippen LogP contribution in [0.4, 0.5) is 0 Å². The average Bonchev–Trinajstić information content (AvgIpc) is 3.35. The molecule has 0 bridgehead atoms. The van der Waals surface area contributed by atoms with E-state index in [4.69, 9.17) is 14.2 Å². The highest BCUT2D eigenvalue weighted by atomic mass is 16.6. The molecule has 0 aliphatic heterocycles. The normalized spacial score (nSPS) is 12.9. The zero-order valence-electron chi connectivity index (χ0n) is 44.8. The fourth-order valence-electron chi connectivity index (χ4n) is 7.50. The quantitative estimate of drug-likeness (QED) is 0.0262. The molecule has 0 aromatic carbocycles. The van der Waals surface area contributed by atoms with Crippen LogP contribution < -0.4 is 0 Å². The third-order valence-corrected chi connectivity index (χ3v) is 11.7. The van der Waals surface area contributed by atoms with Gasteiger partial charge in [-0.15, -0.1) is 0 Å². The van der Waals surface area contributed by atoms with Crippen molar-refractivity contribution in [2.45, 2.75) is 258 Å². The van der Waals surface area contributed by atoms with Crippen LogP contribution in [-0.4, -0.2) is 37.2 Å². The number of hydrogen-bond donors (Lipinski definition) is 0. The third kappa shape index (κ3) is 54.9. The molecular weight excluding hydrogens is 853 g/mol. The van der Waals surface area contributed by atoms with Gasteiger partial charge in [-0.2, -0.15) is 0 Å². The van der Waals surface area contributed by atoms with Crippen molar-refractivity contribution in [2.75, 3.05) is 13.2 Å². The number of ether oxygens (including phenoxy) is 3. The van der Waals surface area contributed by atoms with Crippen molar-refractivity contribution < 1.29 is 28.6 Å². The number of esters is 3. The second-order valence-corrected chi connectivity index (χ2v) is 18.5. The Balaban J connectivity index is 4.57. The maximum atomic E-state index is 12.8. The zero-order valence-corrected chi connectivity index (χ0v) is 44.8. The van der Waals surface area contributed by atoms with E-state index in [-0.39, 0.29) is 44.0 Å². The third-order valence-electron chi connectivity index (χ3n) is 11.7. The predicted octanol–water partition coefficient (Wildman–Crippen LogP) is 19.1. The zero-order chi connectivity index (χ0) is 50.0. The maximum Gasteiger partial charge on any atom is 0.306 e. The summed E-state index contributed by atoms with van der Waals surface area (Å²) in [4.78, 5) is 38.1. The fraction of sp³-hybridized carbons (Fsp3) is 0.667. The molecule has 0 aliphatic carbocycles. The number of hydrogen-bond acceptors (Lipinski definition) is 6. The van der Waals surface area contributed by atoms with Gasteiger partial charge in [-0.25, -0.2) is 0 Å². The Morgan fingerprint density at radius 2 is 0.609 bits per heavy atom. The summed E-state index contributed by atoms with van der Waals surface area (Å²) < 4.78 is 16.7. The smallest absolute Gasteiger partial charge is 0.306 e. The minimum absolute atomic E-state index is 0.127. The summed E-state index contributed by atoms with van der Waals surface area (Å²) in [7, 11) is 0. The first-order chi connectivity index (χ1) is 34.0. The number of allylic oxidation sites excluding steroid dienone is 18. The van der Waals surface area contributed by atoms with E-state index in [1.807, 2.05) is 12.2 Å². The van der Waals surface area contributed by atoms with Gasteiger partial charge in [0.05, 0.1) is 0 Å². The lowest BCUT2D eigenvalue weighted by molar-refractivity contribution is -0.166. The Kier molecular flexibility index (Phi) is 53.4. The predicted molar refractivity (Wildman–Crippen MR) is 297 cm³/mol. The molecule has 6 nitrogen and oxygen atoms in total. The van der Waals surface area contributed by atoms with E-state index in [1.54, 1.807) is 0 Å². The van der Waals surface area contributed by atoms with E-state index in [0.29, 0.717) is 19.3 Å². The van der Waals surface area contributed by atoms with Crippen LogP contribution in [0.3, 0.4) is 0 Å². The number of unbranched alkanes of at least 4 members (excludes halogenated alkanes) is 21. The molecule has 0 spiro atoms. The summed E-state index contributed by atoms with van der Waals surface area (Å²) >= 11 is 0. The summed E-state index contributed by atoms with van der Waals surface area (Å²) in [5, 5.41) is 0. The van der Waals surface area contributed by atoms with Crippen LogP contribution >= 0.6 is 0 Å². The minimum Gasteiger partial charge on any atom is -0.462 e. The molecule has 0 saturated carbocycles. The van der Waals surface area contributed by atoms with Crippen LogP contribution in [0.15, 0.2) is 109 Å². The molecule has 0 aromatic heterocycles. The van der Waals surface area contributed by atoms with Gasteiger partial charge >= 0.3 is 17.9 Å². The van der Waals surface area contributed by atoms with Gasteiger partial charge in [0, 0.05) is 19.3 Å². The molecule has 69 heavy (non-hydrogen) atoms. The molecule has 0 aliphatic rings. The molecule has 6 heteroatoms. The van der Waals surface area contributed by atoms with Gasteiger partial charge in [-0.3, -0.25) is 14.4 Å². The molecule has 1 atom stereocenters. The monoisotopic (exact) mass is 957 g/mol. The lowest BCUT2D eigenvalue weighted by atomic mass is 10.1. The van der Waals surface area contributed by atoms with Crippen molar-refractivity contribution in [3.8, 4) is 0 Å². The average molecular weight is 958 g/mol. The number of rotatable bonds is 50. The van der Waals surface area contributed by atoms with Crippen LogP contribution in [0.5, 0.6) is 0 Å². The second-order valence-electron chi connectivity index (χ2n) is 18.5. The summed E-state index contributed by atoms with van der Waals surface area (Å²) in [6.07, 6.45) is 76.7. The van der Waals surface area contributed by atoms with Crippen molar-refractivity contribution in [3.63, 3.8) is 0 Å². The molecule has 0 rings (SSSR count). The van der Waals surface area contributed by atoms with Gasteiger partial charge in [0.1, 0.15) is 13.2 Å². The van der Waals surface area contributed by atoms with Crippen molar-refractivity contribution in [3.05, 3.63) is 109 Å². The molecule has 1 unspecified atom stereocenters. The molecule has 392 valence electrons. The van der Waals surface area contributed by atoms with E-state index in [9.17, 15) is 14.4 Å². The number of carbonyl (C=O) groups is 3. The van der Waals surface area contributed by atoms with Crippen LogP contribution in [-0.2, 0) is 28.6 Å². The van der Waals surface area contributed by atoms with Gasteiger partial charge < -0.3 is 14.2 Å². The Bertz CT molecular complexity index is 1420. The van der Waals surface area contributed by atoms with Gasteiger partial charge in [0.2, 0.25) is 0 Å². The van der Waals surface area contributed by atoms with Crippen molar-refractivity contribution in [1.29, 1.82) is 0 Å². The van der Waals surface area contributed by atoms with Crippen molar-refractivity contribution in [2.24, 2.45) is 0 Å². The molecule has 0 heterocycles. The van der Waals surface area contributed by atoms with Gasteiger partial charge in [0.15, 0.2) is 6.10 Å². The van der Waals surface area contributed by atoms with E-state index >= 15 is 0 Å². The number of carbonyl (C=O) groups excluding carboxylic acids is 3. The van der Waals surface area contributed by atoms with E-state index in [2.05, 4.69) is 118 Å². The van der Waals surface area contributed by atoms with Crippen molar-refractivity contribution in [1.82, 2.24) is 0 Å². The summed E-state index contributed by atoms with van der Waals surface area (Å²) in [6, 6.07) is 0. The van der Waals surface area contributed by atoms with Crippen LogP contribution in [0.1, 0.15) is 252 Å². The van der Waals surface area contributed by atoms with Crippen LogP contribution in [0, 0.1) is 0 Å². The fourth-order valence-corrected chi connectivity index (χ4v) is 7.50. The van der Waals surface area contributed by atoms with E-state index < -0.39 is 6.10 Å². The lowest BCUT2D eigenvalue weighted by Gasteiger charge is -2.18. The van der Waals surface area contributed by atoms with E-state index in [1.165, 1.54) is 116 Å². The van der Waals surface area contributed by atoms with Gasteiger partial charge in [-0.1, -0.05) is 233 Å². The highest BCUT2D eigenvalue weighted by Gasteiger charge is 2.19. The maximum absolute atomic E-state index is 12.8. The Labute approximate surface area is 425 Å².